The Balaban J connectivity index is 2.53. The maximum absolute atomic E-state index is 11.6. The smallest absolute Gasteiger partial charge is 0.337 e. The molecule has 1 aromatic heterocycles. The monoisotopic (exact) mass is 266 g/mol. The molecule has 1 rings (SSSR count). The summed E-state index contributed by atoms with van der Waals surface area (Å²) >= 11 is 0. The van der Waals surface area contributed by atoms with Crippen molar-refractivity contribution in [3.8, 4) is 0 Å². The summed E-state index contributed by atoms with van der Waals surface area (Å²) in [4.78, 5) is 28.1. The summed E-state index contributed by atoms with van der Waals surface area (Å²) in [5.41, 5.74) is 0.370. The molecule has 0 aromatic carbocycles. The highest BCUT2D eigenvalue weighted by Crippen LogP contribution is 2.08. The molecule has 104 valence electrons. The number of carboxylic acid groups (broad SMARTS) is 1. The SMILES string of the molecule is CC(CNC(=O)Nc1cncc(C(=O)O)c1)N(C)C. The van der Waals surface area contributed by atoms with Crippen molar-refractivity contribution in [3.63, 3.8) is 0 Å². The fourth-order valence-electron chi connectivity index (χ4n) is 1.22. The van der Waals surface area contributed by atoms with Crippen molar-refractivity contribution < 1.29 is 14.7 Å². The van der Waals surface area contributed by atoms with E-state index in [0.717, 1.165) is 0 Å². The Morgan fingerprint density at radius 3 is 2.68 bits per heavy atom. The van der Waals surface area contributed by atoms with Gasteiger partial charge in [0.25, 0.3) is 0 Å². The number of anilines is 1. The minimum Gasteiger partial charge on any atom is -0.478 e. The van der Waals surface area contributed by atoms with Crippen molar-refractivity contribution in [2.75, 3.05) is 26.0 Å². The molecule has 0 fully saturated rings. The molecule has 0 aliphatic rings. The normalized spacial score (nSPS) is 12.0. The van der Waals surface area contributed by atoms with Crippen molar-refractivity contribution in [1.29, 1.82) is 0 Å². The van der Waals surface area contributed by atoms with Gasteiger partial charge in [0.1, 0.15) is 0 Å². The Hall–Kier alpha value is -2.15. The molecule has 0 saturated heterocycles. The number of urea groups is 1. The zero-order chi connectivity index (χ0) is 14.4. The minimum atomic E-state index is -1.09. The van der Waals surface area contributed by atoms with Gasteiger partial charge in [0.2, 0.25) is 0 Å². The number of hydrogen-bond donors (Lipinski definition) is 3. The lowest BCUT2D eigenvalue weighted by atomic mass is 10.2. The van der Waals surface area contributed by atoms with E-state index >= 15 is 0 Å². The predicted molar refractivity (Wildman–Crippen MR) is 71.4 cm³/mol. The van der Waals surface area contributed by atoms with Crippen molar-refractivity contribution in [3.05, 3.63) is 24.0 Å². The van der Waals surface area contributed by atoms with Gasteiger partial charge >= 0.3 is 12.0 Å². The van der Waals surface area contributed by atoms with Gasteiger partial charge in [0.05, 0.1) is 17.4 Å². The van der Waals surface area contributed by atoms with E-state index in [2.05, 4.69) is 15.6 Å². The molecule has 19 heavy (non-hydrogen) atoms. The van der Waals surface area contributed by atoms with Gasteiger partial charge in [0.15, 0.2) is 0 Å². The summed E-state index contributed by atoms with van der Waals surface area (Å²) in [5.74, 6) is -1.09. The summed E-state index contributed by atoms with van der Waals surface area (Å²) < 4.78 is 0. The van der Waals surface area contributed by atoms with Crippen LogP contribution in [0.25, 0.3) is 0 Å². The van der Waals surface area contributed by atoms with Gasteiger partial charge < -0.3 is 20.6 Å². The first-order valence-corrected chi connectivity index (χ1v) is 5.79. The molecule has 1 heterocycles. The van der Waals surface area contributed by atoms with E-state index in [0.29, 0.717) is 12.2 Å². The Bertz CT molecular complexity index is 462. The maximum Gasteiger partial charge on any atom is 0.337 e. The second-order valence-electron chi connectivity index (χ2n) is 4.42. The fraction of sp³-hybridized carbons (Fsp3) is 0.417. The molecule has 0 radical (unpaired) electrons. The molecule has 3 N–H and O–H groups in total. The number of carbonyl (C=O) groups excluding carboxylic acids is 1. The molecule has 0 saturated carbocycles. The molecule has 7 nitrogen and oxygen atoms in total. The van der Waals surface area contributed by atoms with Crippen LogP contribution in [0.3, 0.4) is 0 Å². The predicted octanol–water partition coefficient (Wildman–Crippen LogP) is 0.851. The number of nitrogens with one attached hydrogen (secondary N) is 2. The molecule has 0 bridgehead atoms. The van der Waals surface area contributed by atoms with E-state index in [1.165, 1.54) is 18.5 Å². The standard InChI is InChI=1S/C12H18N4O3/c1-8(16(2)3)5-14-12(19)15-10-4-9(11(17)18)6-13-7-10/h4,6-8H,5H2,1-3H3,(H,17,18)(H2,14,15,19). The van der Waals surface area contributed by atoms with Crippen LogP contribution in [-0.2, 0) is 0 Å². The summed E-state index contributed by atoms with van der Waals surface area (Å²) in [7, 11) is 3.84. The van der Waals surface area contributed by atoms with Crippen LogP contribution in [0.2, 0.25) is 0 Å². The van der Waals surface area contributed by atoms with Gasteiger partial charge in [-0.05, 0) is 27.1 Å². The average molecular weight is 266 g/mol. The minimum absolute atomic E-state index is 0.0273. The zero-order valence-corrected chi connectivity index (χ0v) is 11.2. The van der Waals surface area contributed by atoms with Crippen LogP contribution in [0.15, 0.2) is 18.5 Å². The van der Waals surface area contributed by atoms with E-state index < -0.39 is 12.0 Å². The first kappa shape index (κ1) is 14.9. The molecule has 7 heteroatoms. The van der Waals surface area contributed by atoms with Gasteiger partial charge in [-0.25, -0.2) is 9.59 Å². The van der Waals surface area contributed by atoms with Crippen molar-refractivity contribution >= 4 is 17.7 Å². The van der Waals surface area contributed by atoms with Gasteiger partial charge in [-0.15, -0.1) is 0 Å². The number of hydrogen-bond acceptors (Lipinski definition) is 4. The van der Waals surface area contributed by atoms with Crippen LogP contribution in [0.5, 0.6) is 0 Å². The van der Waals surface area contributed by atoms with Crippen molar-refractivity contribution in [1.82, 2.24) is 15.2 Å². The highest BCUT2D eigenvalue weighted by Gasteiger charge is 2.09. The fourth-order valence-corrected chi connectivity index (χ4v) is 1.22. The lowest BCUT2D eigenvalue weighted by Gasteiger charge is -2.20. The highest BCUT2D eigenvalue weighted by molar-refractivity contribution is 5.92. The van der Waals surface area contributed by atoms with Crippen LogP contribution < -0.4 is 10.6 Å². The van der Waals surface area contributed by atoms with E-state index in [9.17, 15) is 9.59 Å². The second-order valence-corrected chi connectivity index (χ2v) is 4.42. The Kier molecular flexibility index (Phi) is 5.25. The molecular weight excluding hydrogens is 248 g/mol. The van der Waals surface area contributed by atoms with E-state index in [1.807, 2.05) is 25.9 Å². The number of nitrogens with zero attached hydrogens (tertiary/aromatic N) is 2. The summed E-state index contributed by atoms with van der Waals surface area (Å²) in [6.45, 7) is 2.47. The van der Waals surface area contributed by atoms with Crippen LogP contribution in [0.4, 0.5) is 10.5 Å². The third kappa shape index (κ3) is 4.92. The first-order chi connectivity index (χ1) is 8.90. The Morgan fingerprint density at radius 1 is 1.42 bits per heavy atom. The number of carboxylic acids is 1. The number of pyridine rings is 1. The zero-order valence-electron chi connectivity index (χ0n) is 11.2. The summed E-state index contributed by atoms with van der Waals surface area (Å²) in [5, 5.41) is 14.0. The van der Waals surface area contributed by atoms with E-state index in [-0.39, 0.29) is 11.6 Å². The van der Waals surface area contributed by atoms with Gasteiger partial charge in [-0.1, -0.05) is 0 Å². The number of likely N-dealkylation sites (N-methyl/N-ethyl adjacent to an activating group) is 1. The van der Waals surface area contributed by atoms with Crippen molar-refractivity contribution in [2.45, 2.75) is 13.0 Å². The first-order valence-electron chi connectivity index (χ1n) is 5.79. The Morgan fingerprint density at radius 2 is 2.11 bits per heavy atom. The molecule has 0 aliphatic heterocycles. The topological polar surface area (TPSA) is 94.6 Å². The molecule has 1 unspecified atom stereocenters. The van der Waals surface area contributed by atoms with Crippen LogP contribution in [0.1, 0.15) is 17.3 Å². The number of amides is 2. The molecule has 1 atom stereocenters. The largest absolute Gasteiger partial charge is 0.478 e. The van der Waals surface area contributed by atoms with E-state index in [4.69, 9.17) is 5.11 Å². The van der Waals surface area contributed by atoms with Crippen LogP contribution in [-0.4, -0.2) is 53.7 Å². The van der Waals surface area contributed by atoms with Gasteiger partial charge in [0, 0.05) is 18.8 Å². The van der Waals surface area contributed by atoms with E-state index in [1.54, 1.807) is 0 Å². The summed E-state index contributed by atoms with van der Waals surface area (Å²) in [6.07, 6.45) is 2.61. The quantitative estimate of drug-likeness (QED) is 0.734. The summed E-state index contributed by atoms with van der Waals surface area (Å²) in [6, 6.07) is 1.16. The number of rotatable bonds is 5. The van der Waals surface area contributed by atoms with Gasteiger partial charge in [-0.2, -0.15) is 0 Å². The third-order valence-electron chi connectivity index (χ3n) is 2.68. The lowest BCUT2D eigenvalue weighted by molar-refractivity contribution is 0.0696. The third-order valence-corrected chi connectivity index (χ3v) is 2.68. The number of carbonyl (C=O) groups is 2. The molecule has 1 aromatic rings. The molecule has 2 amide bonds. The second kappa shape index (κ2) is 6.69. The van der Waals surface area contributed by atoms with Crippen LogP contribution in [0, 0.1) is 0 Å². The van der Waals surface area contributed by atoms with Gasteiger partial charge in [-0.3, -0.25) is 4.98 Å². The van der Waals surface area contributed by atoms with Crippen molar-refractivity contribution in [2.24, 2.45) is 0 Å². The van der Waals surface area contributed by atoms with Crippen LogP contribution >= 0.6 is 0 Å². The molecular formula is C12H18N4O3. The Labute approximate surface area is 111 Å². The molecule has 0 spiro atoms. The highest BCUT2D eigenvalue weighted by atomic mass is 16.4. The molecule has 0 aliphatic carbocycles. The number of aromatic nitrogens is 1. The average Bonchev–Trinajstić information content (AvgIpc) is 2.36. The number of aromatic carboxylic acids is 1. The maximum atomic E-state index is 11.6. The lowest BCUT2D eigenvalue weighted by Crippen LogP contribution is -2.40.